The van der Waals surface area contributed by atoms with Crippen LogP contribution in [0.4, 0.5) is 5.69 Å². The second kappa shape index (κ2) is 6.89. The predicted octanol–water partition coefficient (Wildman–Crippen LogP) is 3.97. The quantitative estimate of drug-likeness (QED) is 0.562. The van der Waals surface area contributed by atoms with Crippen LogP contribution in [0, 0.1) is 13.8 Å². The SMILES string of the molecule is Cc1ccc(-c2nc3[nH]c(CNc4ccc(Cl)cc4)cc(=O)n3n2)cc1C. The van der Waals surface area contributed by atoms with Gasteiger partial charge in [0.15, 0.2) is 5.82 Å². The van der Waals surface area contributed by atoms with Crippen LogP contribution in [-0.2, 0) is 6.54 Å². The molecule has 0 unspecified atom stereocenters. The zero-order valence-corrected chi connectivity index (χ0v) is 15.7. The third-order valence-corrected chi connectivity index (χ3v) is 4.73. The lowest BCUT2D eigenvalue weighted by molar-refractivity contribution is 0.879. The minimum absolute atomic E-state index is 0.223. The lowest BCUT2D eigenvalue weighted by atomic mass is 10.1. The van der Waals surface area contributed by atoms with Gasteiger partial charge in [0.05, 0.1) is 6.54 Å². The van der Waals surface area contributed by atoms with Gasteiger partial charge in [0.2, 0.25) is 5.78 Å². The van der Waals surface area contributed by atoms with E-state index in [2.05, 4.69) is 27.3 Å². The van der Waals surface area contributed by atoms with Gasteiger partial charge in [0.1, 0.15) is 0 Å². The van der Waals surface area contributed by atoms with Gasteiger partial charge in [0.25, 0.3) is 5.56 Å². The summed E-state index contributed by atoms with van der Waals surface area (Å²) in [5.41, 5.74) is 4.66. The number of fused-ring (bicyclic) bond motifs is 1. The van der Waals surface area contributed by atoms with Gasteiger partial charge < -0.3 is 10.3 Å². The number of hydrogen-bond acceptors (Lipinski definition) is 4. The van der Waals surface area contributed by atoms with Crippen molar-refractivity contribution in [1.29, 1.82) is 0 Å². The average Bonchev–Trinajstić information content (AvgIpc) is 3.08. The number of rotatable bonds is 4. The maximum absolute atomic E-state index is 12.4. The van der Waals surface area contributed by atoms with Gasteiger partial charge in [-0.05, 0) is 55.3 Å². The second-order valence-corrected chi connectivity index (χ2v) is 6.90. The van der Waals surface area contributed by atoms with Crippen LogP contribution in [0.2, 0.25) is 5.02 Å². The summed E-state index contributed by atoms with van der Waals surface area (Å²) in [7, 11) is 0. The Balaban J connectivity index is 1.63. The fourth-order valence-corrected chi connectivity index (χ4v) is 2.93. The molecule has 0 aliphatic carbocycles. The summed E-state index contributed by atoms with van der Waals surface area (Å²) in [6, 6.07) is 14.9. The van der Waals surface area contributed by atoms with Crippen LogP contribution in [0.25, 0.3) is 17.2 Å². The summed E-state index contributed by atoms with van der Waals surface area (Å²) in [5, 5.41) is 8.27. The Hall–Kier alpha value is -3.12. The van der Waals surface area contributed by atoms with Crippen molar-refractivity contribution in [3.63, 3.8) is 0 Å². The van der Waals surface area contributed by atoms with Crippen LogP contribution >= 0.6 is 11.6 Å². The fraction of sp³-hybridized carbons (Fsp3) is 0.150. The Bertz CT molecular complexity index is 1180. The normalized spacial score (nSPS) is 11.1. The first-order chi connectivity index (χ1) is 13.0. The highest BCUT2D eigenvalue weighted by atomic mass is 35.5. The number of aromatic amines is 1. The molecule has 4 aromatic rings. The van der Waals surface area contributed by atoms with Crippen molar-refractivity contribution >= 4 is 23.1 Å². The third kappa shape index (κ3) is 3.57. The summed E-state index contributed by atoms with van der Waals surface area (Å²) in [5.74, 6) is 0.942. The number of nitrogens with one attached hydrogen (secondary N) is 2. The maximum Gasteiger partial charge on any atom is 0.275 e. The van der Waals surface area contributed by atoms with E-state index in [-0.39, 0.29) is 5.56 Å². The summed E-state index contributed by atoms with van der Waals surface area (Å²) in [6.45, 7) is 4.55. The molecule has 0 spiro atoms. The number of aryl methyl sites for hydroxylation is 2. The van der Waals surface area contributed by atoms with E-state index >= 15 is 0 Å². The van der Waals surface area contributed by atoms with Crippen LogP contribution in [0.1, 0.15) is 16.8 Å². The van der Waals surface area contributed by atoms with Crippen molar-refractivity contribution in [3.8, 4) is 11.4 Å². The second-order valence-electron chi connectivity index (χ2n) is 6.46. The molecule has 0 aliphatic rings. The molecule has 27 heavy (non-hydrogen) atoms. The van der Waals surface area contributed by atoms with Crippen LogP contribution in [0.15, 0.2) is 53.3 Å². The number of halogens is 1. The van der Waals surface area contributed by atoms with E-state index in [0.717, 1.165) is 22.5 Å². The Morgan fingerprint density at radius 3 is 2.59 bits per heavy atom. The Labute approximate surface area is 160 Å². The van der Waals surface area contributed by atoms with Gasteiger partial charge in [-0.2, -0.15) is 9.50 Å². The molecule has 0 atom stereocenters. The Morgan fingerprint density at radius 2 is 1.85 bits per heavy atom. The zero-order valence-electron chi connectivity index (χ0n) is 15.0. The molecule has 4 rings (SSSR count). The molecule has 0 fully saturated rings. The molecule has 7 heteroatoms. The van der Waals surface area contributed by atoms with Gasteiger partial charge in [-0.1, -0.05) is 23.7 Å². The topological polar surface area (TPSA) is 75.1 Å². The molecule has 0 bridgehead atoms. The molecule has 0 radical (unpaired) electrons. The Morgan fingerprint density at radius 1 is 1.07 bits per heavy atom. The van der Waals surface area contributed by atoms with E-state index in [1.807, 2.05) is 49.4 Å². The van der Waals surface area contributed by atoms with Gasteiger partial charge in [-0.3, -0.25) is 4.79 Å². The smallest absolute Gasteiger partial charge is 0.275 e. The van der Waals surface area contributed by atoms with E-state index in [1.165, 1.54) is 16.1 Å². The molecule has 6 nitrogen and oxygen atoms in total. The van der Waals surface area contributed by atoms with Crippen molar-refractivity contribution in [1.82, 2.24) is 19.6 Å². The van der Waals surface area contributed by atoms with Crippen molar-refractivity contribution in [2.75, 3.05) is 5.32 Å². The molecule has 2 N–H and O–H groups in total. The molecule has 2 heterocycles. The summed E-state index contributed by atoms with van der Waals surface area (Å²) in [6.07, 6.45) is 0. The molecule has 136 valence electrons. The third-order valence-electron chi connectivity index (χ3n) is 4.48. The van der Waals surface area contributed by atoms with Crippen molar-refractivity contribution < 1.29 is 0 Å². The van der Waals surface area contributed by atoms with E-state index in [4.69, 9.17) is 11.6 Å². The molecular formula is C20H18ClN5O. The highest BCUT2D eigenvalue weighted by molar-refractivity contribution is 6.30. The first-order valence-electron chi connectivity index (χ1n) is 8.55. The van der Waals surface area contributed by atoms with Gasteiger partial charge >= 0.3 is 0 Å². The van der Waals surface area contributed by atoms with E-state index in [0.29, 0.717) is 23.2 Å². The van der Waals surface area contributed by atoms with E-state index in [1.54, 1.807) is 0 Å². The number of nitrogens with zero attached hydrogens (tertiary/aromatic N) is 3. The van der Waals surface area contributed by atoms with Crippen molar-refractivity contribution in [2.24, 2.45) is 0 Å². The van der Waals surface area contributed by atoms with Gasteiger partial charge in [-0.15, -0.1) is 5.10 Å². The lowest BCUT2D eigenvalue weighted by Gasteiger charge is -2.06. The molecule has 2 aromatic heterocycles. The number of hydrogen-bond donors (Lipinski definition) is 2. The lowest BCUT2D eigenvalue weighted by Crippen LogP contribution is -2.17. The standard InChI is InChI=1S/C20H18ClN5O/c1-12-3-4-14(9-13(12)2)19-24-20-23-17(10-18(27)26(20)25-19)11-22-16-7-5-15(21)6-8-16/h3-10,22H,11H2,1-2H3,(H,23,24,25). The van der Waals surface area contributed by atoms with Gasteiger partial charge in [-0.25, -0.2) is 0 Å². The largest absolute Gasteiger partial charge is 0.379 e. The van der Waals surface area contributed by atoms with Crippen LogP contribution in [-0.4, -0.2) is 19.6 Å². The van der Waals surface area contributed by atoms with Crippen LogP contribution in [0.3, 0.4) is 0 Å². The van der Waals surface area contributed by atoms with E-state index < -0.39 is 0 Å². The zero-order chi connectivity index (χ0) is 19.0. The first-order valence-corrected chi connectivity index (χ1v) is 8.93. The number of aromatic nitrogens is 4. The minimum Gasteiger partial charge on any atom is -0.379 e. The summed E-state index contributed by atoms with van der Waals surface area (Å²) >= 11 is 5.89. The minimum atomic E-state index is -0.223. The molecule has 0 saturated heterocycles. The highest BCUT2D eigenvalue weighted by Crippen LogP contribution is 2.19. The first kappa shape index (κ1) is 17.3. The number of anilines is 1. The molecule has 0 amide bonds. The Kier molecular flexibility index (Phi) is 4.41. The molecule has 2 aromatic carbocycles. The van der Waals surface area contributed by atoms with Gasteiger partial charge in [0, 0.05) is 28.0 Å². The highest BCUT2D eigenvalue weighted by Gasteiger charge is 2.11. The summed E-state index contributed by atoms with van der Waals surface area (Å²) in [4.78, 5) is 20.1. The van der Waals surface area contributed by atoms with Crippen LogP contribution < -0.4 is 10.9 Å². The van der Waals surface area contributed by atoms with E-state index in [9.17, 15) is 4.79 Å². The van der Waals surface area contributed by atoms with Crippen LogP contribution in [0.5, 0.6) is 0 Å². The molecular weight excluding hydrogens is 362 g/mol. The van der Waals surface area contributed by atoms with Crippen molar-refractivity contribution in [3.05, 3.63) is 80.7 Å². The maximum atomic E-state index is 12.4. The van der Waals surface area contributed by atoms with Crippen molar-refractivity contribution in [2.45, 2.75) is 20.4 Å². The summed E-state index contributed by atoms with van der Waals surface area (Å²) < 4.78 is 1.29. The molecule has 0 saturated carbocycles. The predicted molar refractivity (Wildman–Crippen MR) is 107 cm³/mol. The fourth-order valence-electron chi connectivity index (χ4n) is 2.80. The monoisotopic (exact) mass is 379 g/mol. The number of benzene rings is 2. The average molecular weight is 380 g/mol. The molecule has 0 aliphatic heterocycles. The number of H-pyrrole nitrogens is 1.